The van der Waals surface area contributed by atoms with E-state index in [4.69, 9.17) is 4.74 Å². The molecule has 4 rings (SSSR count). The van der Waals surface area contributed by atoms with Gasteiger partial charge in [-0.3, -0.25) is 0 Å². The zero-order chi connectivity index (χ0) is 21.7. The molecule has 7 heteroatoms. The van der Waals surface area contributed by atoms with Gasteiger partial charge in [0.2, 0.25) is 5.90 Å². The zero-order valence-corrected chi connectivity index (χ0v) is 17.5. The van der Waals surface area contributed by atoms with Crippen LogP contribution in [0.3, 0.4) is 0 Å². The Labute approximate surface area is 180 Å². The summed E-state index contributed by atoms with van der Waals surface area (Å²) in [7, 11) is 0. The quantitative estimate of drug-likeness (QED) is 0.540. The minimum atomic E-state index is -0.843. The first kappa shape index (κ1) is 20.7. The minimum absolute atomic E-state index is 0.146. The normalized spacial score (nSPS) is 18.5. The highest BCUT2D eigenvalue weighted by molar-refractivity contribution is 5.88. The first-order valence-electron chi connectivity index (χ1n) is 10.2. The number of anilines is 1. The van der Waals surface area contributed by atoms with Crippen LogP contribution in [0.15, 0.2) is 88.4 Å². The van der Waals surface area contributed by atoms with Gasteiger partial charge in [-0.05, 0) is 60.0 Å². The van der Waals surface area contributed by atoms with E-state index in [2.05, 4.69) is 44.8 Å². The Morgan fingerprint density at radius 2 is 1.84 bits per heavy atom. The van der Waals surface area contributed by atoms with Crippen LogP contribution in [0, 0.1) is 5.82 Å². The topological polar surface area (TPSA) is 71.2 Å². The van der Waals surface area contributed by atoms with Crippen LogP contribution in [0.25, 0.3) is 0 Å². The van der Waals surface area contributed by atoms with Crippen molar-refractivity contribution in [1.29, 1.82) is 0 Å². The van der Waals surface area contributed by atoms with Crippen LogP contribution in [-0.2, 0) is 16.7 Å². The van der Waals surface area contributed by atoms with E-state index in [1.54, 1.807) is 18.3 Å². The number of rotatable bonds is 7. The molecule has 31 heavy (non-hydrogen) atoms. The highest BCUT2D eigenvalue weighted by atomic mass is 19.1. The highest BCUT2D eigenvalue weighted by Gasteiger charge is 2.38. The smallest absolute Gasteiger partial charge is 0.245 e. The molecule has 1 unspecified atom stereocenters. The van der Waals surface area contributed by atoms with Gasteiger partial charge in [-0.25, -0.2) is 9.37 Å². The van der Waals surface area contributed by atoms with Gasteiger partial charge in [-0.2, -0.15) is 0 Å². The van der Waals surface area contributed by atoms with Crippen LogP contribution < -0.4 is 5.32 Å². The monoisotopic (exact) mass is 417 g/mol. The van der Waals surface area contributed by atoms with Crippen LogP contribution >= 0.6 is 0 Å². The maximum Gasteiger partial charge on any atom is 0.245 e. The van der Waals surface area contributed by atoms with E-state index in [0.717, 1.165) is 16.9 Å². The number of benzene rings is 2. The molecule has 0 saturated heterocycles. The molecule has 158 valence electrons. The molecule has 0 aliphatic carbocycles. The molecule has 6 nitrogen and oxygen atoms in total. The first-order valence-corrected chi connectivity index (χ1v) is 10.2. The summed E-state index contributed by atoms with van der Waals surface area (Å²) in [6.07, 6.45) is 2.46. The van der Waals surface area contributed by atoms with Crippen LogP contribution in [0.1, 0.15) is 36.6 Å². The molecule has 2 aromatic carbocycles. The van der Waals surface area contributed by atoms with Crippen LogP contribution in [-0.4, -0.2) is 17.5 Å². The van der Waals surface area contributed by atoms with Gasteiger partial charge >= 0.3 is 0 Å². The van der Waals surface area contributed by atoms with Gasteiger partial charge in [0.1, 0.15) is 11.6 Å². The third kappa shape index (κ3) is 4.77. The predicted molar refractivity (Wildman–Crippen MR) is 118 cm³/mol. The third-order valence-corrected chi connectivity index (χ3v) is 5.32. The van der Waals surface area contributed by atoms with E-state index in [-0.39, 0.29) is 11.9 Å². The number of nitrogens with zero attached hydrogens (tertiary/aromatic N) is 4. The second kappa shape index (κ2) is 9.04. The molecule has 2 heterocycles. The van der Waals surface area contributed by atoms with E-state index in [1.807, 2.05) is 37.3 Å². The highest BCUT2D eigenvalue weighted by Crippen LogP contribution is 2.32. The molecule has 3 aromatic rings. The Balaban J connectivity index is 1.36. The van der Waals surface area contributed by atoms with E-state index in [9.17, 15) is 4.39 Å². The summed E-state index contributed by atoms with van der Waals surface area (Å²) >= 11 is 0. The fourth-order valence-corrected chi connectivity index (χ4v) is 3.44. The largest absolute Gasteiger partial charge is 0.477 e. The summed E-state index contributed by atoms with van der Waals surface area (Å²) in [6, 6.07) is 20.5. The standard InChI is InChI=1S/C24H24FN5O/c1-17(19-6-4-3-5-7-19)27-22-16-18(12-14-26-22)13-15-31-23-24(2,29-30-28-23)20-8-10-21(25)11-9-20/h3-12,14,16-17H,13,15H2,1-2H3,(H,26,27)/t17?,24-/m0/s1. The second-order valence-electron chi connectivity index (χ2n) is 7.60. The molecule has 1 aliphatic heterocycles. The van der Waals surface area contributed by atoms with Gasteiger partial charge < -0.3 is 10.1 Å². The summed E-state index contributed by atoms with van der Waals surface area (Å²) in [4.78, 5) is 4.42. The Bertz CT molecular complexity index is 1080. The van der Waals surface area contributed by atoms with Crippen LogP contribution in [0.2, 0.25) is 0 Å². The summed E-state index contributed by atoms with van der Waals surface area (Å²) in [5.74, 6) is 0.919. The molecule has 0 fully saturated rings. The molecule has 1 aromatic heterocycles. The number of nitrogens with one attached hydrogen (secondary N) is 1. The third-order valence-electron chi connectivity index (χ3n) is 5.32. The summed E-state index contributed by atoms with van der Waals surface area (Å²) in [5, 5.41) is 15.5. The molecule has 0 saturated carbocycles. The van der Waals surface area contributed by atoms with Crippen molar-refractivity contribution in [2.24, 2.45) is 15.4 Å². The number of hydrogen-bond donors (Lipinski definition) is 1. The maximum atomic E-state index is 13.3. The van der Waals surface area contributed by atoms with Crippen molar-refractivity contribution in [3.8, 4) is 0 Å². The molecule has 2 atom stereocenters. The SMILES string of the molecule is CC(Nc1cc(CCOC2=NN=N[C@@]2(C)c2ccc(F)cc2)ccn1)c1ccccc1. The fraction of sp³-hybridized carbons (Fsp3) is 0.250. The fourth-order valence-electron chi connectivity index (χ4n) is 3.44. The number of pyridine rings is 1. The van der Waals surface area contributed by atoms with Crippen LogP contribution in [0.4, 0.5) is 10.2 Å². The second-order valence-corrected chi connectivity index (χ2v) is 7.60. The summed E-state index contributed by atoms with van der Waals surface area (Å²) < 4.78 is 19.2. The average molecular weight is 417 g/mol. The van der Waals surface area contributed by atoms with Gasteiger partial charge in [-0.1, -0.05) is 47.6 Å². The number of aromatic nitrogens is 1. The van der Waals surface area contributed by atoms with Crippen molar-refractivity contribution < 1.29 is 9.13 Å². The van der Waals surface area contributed by atoms with E-state index >= 15 is 0 Å². The lowest BCUT2D eigenvalue weighted by Gasteiger charge is -2.21. The zero-order valence-electron chi connectivity index (χ0n) is 17.5. The van der Waals surface area contributed by atoms with Gasteiger partial charge in [0, 0.05) is 18.7 Å². The molecule has 1 N–H and O–H groups in total. The van der Waals surface area contributed by atoms with Crippen molar-refractivity contribution in [2.75, 3.05) is 11.9 Å². The molecule has 0 bridgehead atoms. The summed E-state index contributed by atoms with van der Waals surface area (Å²) in [6.45, 7) is 4.38. The number of hydrogen-bond acceptors (Lipinski definition) is 6. The van der Waals surface area contributed by atoms with Crippen molar-refractivity contribution >= 4 is 11.7 Å². The van der Waals surface area contributed by atoms with E-state index in [1.165, 1.54) is 17.7 Å². The van der Waals surface area contributed by atoms with E-state index < -0.39 is 5.54 Å². The molecule has 0 amide bonds. The van der Waals surface area contributed by atoms with Crippen LogP contribution in [0.5, 0.6) is 0 Å². The Kier molecular flexibility index (Phi) is 6.02. The lowest BCUT2D eigenvalue weighted by Crippen LogP contribution is -2.30. The van der Waals surface area contributed by atoms with Crippen molar-refractivity contribution in [3.63, 3.8) is 0 Å². The molecule has 0 radical (unpaired) electrons. The number of ether oxygens (including phenoxy) is 1. The van der Waals surface area contributed by atoms with Gasteiger partial charge in [-0.15, -0.1) is 5.11 Å². The van der Waals surface area contributed by atoms with Gasteiger partial charge in [0.05, 0.1) is 6.61 Å². The van der Waals surface area contributed by atoms with E-state index in [0.29, 0.717) is 18.9 Å². The molecule has 0 spiro atoms. The predicted octanol–water partition coefficient (Wildman–Crippen LogP) is 5.65. The number of halogens is 1. The Morgan fingerprint density at radius 3 is 2.61 bits per heavy atom. The Morgan fingerprint density at radius 1 is 1.06 bits per heavy atom. The lowest BCUT2D eigenvalue weighted by molar-refractivity contribution is 0.282. The molecular formula is C24H24FN5O. The van der Waals surface area contributed by atoms with Gasteiger partial charge in [0.15, 0.2) is 5.54 Å². The van der Waals surface area contributed by atoms with Crippen molar-refractivity contribution in [2.45, 2.75) is 31.8 Å². The first-order chi connectivity index (χ1) is 15.0. The maximum absolute atomic E-state index is 13.3. The molecule has 1 aliphatic rings. The minimum Gasteiger partial charge on any atom is -0.477 e. The van der Waals surface area contributed by atoms with Crippen molar-refractivity contribution in [1.82, 2.24) is 4.98 Å². The van der Waals surface area contributed by atoms with Crippen molar-refractivity contribution in [3.05, 3.63) is 95.4 Å². The lowest BCUT2D eigenvalue weighted by atomic mass is 9.93. The summed E-state index contributed by atoms with van der Waals surface area (Å²) in [5.41, 5.74) is 2.22. The van der Waals surface area contributed by atoms with Gasteiger partial charge in [0.25, 0.3) is 0 Å². The Hall–Kier alpha value is -3.61. The average Bonchev–Trinajstić information content (AvgIpc) is 3.16. The molecular weight excluding hydrogens is 393 g/mol.